The fourth-order valence-corrected chi connectivity index (χ4v) is 1.73. The molecular formula is C8H10O4. The summed E-state index contributed by atoms with van der Waals surface area (Å²) in [5.41, 5.74) is 0. The molecule has 0 bridgehead atoms. The molecule has 4 nitrogen and oxygen atoms in total. The minimum atomic E-state index is -1.04. The van der Waals surface area contributed by atoms with E-state index in [0.717, 1.165) is 0 Å². The molecule has 1 fully saturated rings. The lowest BCUT2D eigenvalue weighted by molar-refractivity contribution is -0.146. The van der Waals surface area contributed by atoms with Gasteiger partial charge in [0.25, 0.3) is 0 Å². The second-order valence-corrected chi connectivity index (χ2v) is 3.04. The molecule has 0 spiro atoms. The van der Waals surface area contributed by atoms with Gasteiger partial charge in [-0.2, -0.15) is 0 Å². The Morgan fingerprint density at radius 3 is 1.83 bits per heavy atom. The fraction of sp³-hybridized carbons (Fsp3) is 0.625. The number of carboxylic acids is 1. The molecule has 0 aromatic heterocycles. The number of aliphatic carboxylic acids is 1. The van der Waals surface area contributed by atoms with Crippen LogP contribution in [-0.2, 0) is 14.4 Å². The summed E-state index contributed by atoms with van der Waals surface area (Å²) < 4.78 is 0. The van der Waals surface area contributed by atoms with Crippen LogP contribution in [0.15, 0.2) is 0 Å². The second-order valence-electron chi connectivity index (χ2n) is 3.04. The Hall–Kier alpha value is -1.19. The quantitative estimate of drug-likeness (QED) is 0.610. The molecule has 0 aromatic rings. The predicted molar refractivity (Wildman–Crippen MR) is 39.5 cm³/mol. The van der Waals surface area contributed by atoms with Crippen molar-refractivity contribution in [3.63, 3.8) is 0 Å². The van der Waals surface area contributed by atoms with Crippen molar-refractivity contribution in [2.24, 2.45) is 17.8 Å². The van der Waals surface area contributed by atoms with Gasteiger partial charge in [0.2, 0.25) is 0 Å². The molecule has 4 heteroatoms. The van der Waals surface area contributed by atoms with E-state index < -0.39 is 23.7 Å². The maximum atomic E-state index is 10.6. The van der Waals surface area contributed by atoms with Crippen molar-refractivity contribution < 1.29 is 19.5 Å². The van der Waals surface area contributed by atoms with E-state index >= 15 is 0 Å². The van der Waals surface area contributed by atoms with Crippen LogP contribution in [0, 0.1) is 17.8 Å². The maximum Gasteiger partial charge on any atom is 0.307 e. The summed E-state index contributed by atoms with van der Waals surface area (Å²) in [5.74, 6) is -2.78. The van der Waals surface area contributed by atoms with Crippen LogP contribution in [0.2, 0.25) is 0 Å². The third-order valence-corrected chi connectivity index (χ3v) is 2.39. The van der Waals surface area contributed by atoms with Crippen LogP contribution >= 0.6 is 0 Å². The van der Waals surface area contributed by atoms with E-state index in [1.54, 1.807) is 0 Å². The van der Waals surface area contributed by atoms with Crippen molar-refractivity contribution in [1.29, 1.82) is 0 Å². The first kappa shape index (κ1) is 8.90. The van der Waals surface area contributed by atoms with Gasteiger partial charge in [-0.25, -0.2) is 0 Å². The van der Waals surface area contributed by atoms with Crippen LogP contribution in [0.4, 0.5) is 0 Å². The molecule has 0 saturated heterocycles. The number of hydrogen-bond acceptors (Lipinski definition) is 3. The van der Waals surface area contributed by atoms with E-state index in [9.17, 15) is 14.4 Å². The summed E-state index contributed by atoms with van der Waals surface area (Å²) in [4.78, 5) is 31.4. The zero-order valence-electron chi connectivity index (χ0n) is 6.47. The Labute approximate surface area is 69.6 Å². The molecule has 3 atom stereocenters. The molecule has 0 radical (unpaired) electrons. The molecule has 1 aliphatic rings. The van der Waals surface area contributed by atoms with Gasteiger partial charge in [0.1, 0.15) is 12.6 Å². The van der Waals surface area contributed by atoms with E-state index in [0.29, 0.717) is 25.4 Å². The van der Waals surface area contributed by atoms with E-state index in [2.05, 4.69) is 0 Å². The van der Waals surface area contributed by atoms with Gasteiger partial charge in [-0.3, -0.25) is 4.79 Å². The summed E-state index contributed by atoms with van der Waals surface area (Å²) in [6, 6.07) is 0. The summed E-state index contributed by atoms with van der Waals surface area (Å²) in [7, 11) is 0. The monoisotopic (exact) mass is 170 g/mol. The minimum Gasteiger partial charge on any atom is -0.481 e. The highest BCUT2D eigenvalue weighted by Crippen LogP contribution is 2.34. The van der Waals surface area contributed by atoms with E-state index in [1.165, 1.54) is 0 Å². The number of aldehydes is 2. The average Bonchev–Trinajstić information content (AvgIpc) is 2.46. The Morgan fingerprint density at radius 2 is 1.58 bits per heavy atom. The molecule has 1 rings (SSSR count). The van der Waals surface area contributed by atoms with Gasteiger partial charge in [-0.15, -0.1) is 0 Å². The van der Waals surface area contributed by atoms with Gasteiger partial charge in [-0.1, -0.05) is 0 Å². The molecule has 12 heavy (non-hydrogen) atoms. The van der Waals surface area contributed by atoms with Gasteiger partial charge < -0.3 is 14.7 Å². The Bertz CT molecular complexity index is 195. The van der Waals surface area contributed by atoms with E-state index in [-0.39, 0.29) is 0 Å². The SMILES string of the molecule is O=CC1CC[C@H](C=O)C1C(=O)O. The molecule has 2 unspecified atom stereocenters. The van der Waals surface area contributed by atoms with Crippen LogP contribution in [0.25, 0.3) is 0 Å². The minimum absolute atomic E-state index is 0.474. The highest BCUT2D eigenvalue weighted by Gasteiger charge is 2.40. The first-order valence-electron chi connectivity index (χ1n) is 3.84. The zero-order valence-corrected chi connectivity index (χ0v) is 6.47. The van der Waals surface area contributed by atoms with Crippen molar-refractivity contribution in [2.75, 3.05) is 0 Å². The van der Waals surface area contributed by atoms with Gasteiger partial charge in [-0.05, 0) is 12.8 Å². The number of carboxylic acid groups (broad SMARTS) is 1. The van der Waals surface area contributed by atoms with Crippen molar-refractivity contribution in [2.45, 2.75) is 12.8 Å². The summed E-state index contributed by atoms with van der Waals surface area (Å²) >= 11 is 0. The molecule has 0 amide bonds. The Morgan fingerprint density at radius 1 is 1.17 bits per heavy atom. The Kier molecular flexibility index (Phi) is 2.58. The number of carbonyl (C=O) groups is 3. The Balaban J connectivity index is 2.78. The topological polar surface area (TPSA) is 71.4 Å². The van der Waals surface area contributed by atoms with Gasteiger partial charge in [0.05, 0.1) is 5.92 Å². The van der Waals surface area contributed by atoms with Gasteiger partial charge >= 0.3 is 5.97 Å². The van der Waals surface area contributed by atoms with Crippen molar-refractivity contribution in [3.05, 3.63) is 0 Å². The van der Waals surface area contributed by atoms with E-state index in [1.807, 2.05) is 0 Å². The highest BCUT2D eigenvalue weighted by atomic mass is 16.4. The predicted octanol–water partition coefficient (Wildman–Crippen LogP) is 0.111. The first-order valence-corrected chi connectivity index (χ1v) is 3.84. The van der Waals surface area contributed by atoms with Crippen LogP contribution < -0.4 is 0 Å². The average molecular weight is 170 g/mol. The van der Waals surface area contributed by atoms with Crippen LogP contribution in [0.3, 0.4) is 0 Å². The maximum absolute atomic E-state index is 10.6. The highest BCUT2D eigenvalue weighted by molar-refractivity contribution is 5.80. The van der Waals surface area contributed by atoms with Crippen molar-refractivity contribution in [3.8, 4) is 0 Å². The standard InChI is InChI=1S/C8H10O4/c9-3-5-1-2-6(4-10)7(5)8(11)12/h3-7H,1-2H2,(H,11,12)/t5-,6?,7?/m1/s1. The smallest absolute Gasteiger partial charge is 0.307 e. The summed E-state index contributed by atoms with van der Waals surface area (Å²) in [6.07, 6.45) is 2.32. The van der Waals surface area contributed by atoms with E-state index in [4.69, 9.17) is 5.11 Å². The van der Waals surface area contributed by atoms with Crippen LogP contribution in [-0.4, -0.2) is 23.6 Å². The lowest BCUT2D eigenvalue weighted by atomic mass is 9.91. The molecule has 0 heterocycles. The summed E-state index contributed by atoms with van der Waals surface area (Å²) in [5, 5.41) is 8.70. The number of carbonyl (C=O) groups excluding carboxylic acids is 2. The molecule has 0 aliphatic heterocycles. The third-order valence-electron chi connectivity index (χ3n) is 2.39. The molecule has 66 valence electrons. The number of rotatable bonds is 3. The van der Waals surface area contributed by atoms with Crippen LogP contribution in [0.1, 0.15) is 12.8 Å². The molecular weight excluding hydrogens is 160 g/mol. The van der Waals surface area contributed by atoms with Gasteiger partial charge in [0, 0.05) is 11.8 Å². The summed E-state index contributed by atoms with van der Waals surface area (Å²) in [6.45, 7) is 0. The molecule has 1 aliphatic carbocycles. The van der Waals surface area contributed by atoms with Crippen molar-refractivity contribution in [1.82, 2.24) is 0 Å². The van der Waals surface area contributed by atoms with Crippen molar-refractivity contribution >= 4 is 18.5 Å². The molecule has 1 N–H and O–H groups in total. The molecule has 0 aromatic carbocycles. The fourth-order valence-electron chi connectivity index (χ4n) is 1.73. The zero-order chi connectivity index (χ0) is 9.14. The van der Waals surface area contributed by atoms with Crippen LogP contribution in [0.5, 0.6) is 0 Å². The first-order chi connectivity index (χ1) is 5.70. The second kappa shape index (κ2) is 3.47. The lowest BCUT2D eigenvalue weighted by Gasteiger charge is -2.11. The largest absolute Gasteiger partial charge is 0.481 e. The normalized spacial score (nSPS) is 34.5. The third kappa shape index (κ3) is 1.37. The number of hydrogen-bond donors (Lipinski definition) is 1. The molecule has 1 saturated carbocycles. The lowest BCUT2D eigenvalue weighted by Crippen LogP contribution is -2.25. The van der Waals surface area contributed by atoms with Gasteiger partial charge in [0.15, 0.2) is 0 Å².